The van der Waals surface area contributed by atoms with E-state index < -0.39 is 0 Å². The minimum Gasteiger partial charge on any atom is -0.497 e. The Balaban J connectivity index is 2.16. The number of aromatic nitrogens is 2. The van der Waals surface area contributed by atoms with Crippen molar-refractivity contribution in [3.63, 3.8) is 0 Å². The Kier molecular flexibility index (Phi) is 4.20. The molecule has 0 spiro atoms. The Morgan fingerprint density at radius 2 is 2.07 bits per heavy atom. The zero-order chi connectivity index (χ0) is 19.1. The largest absolute Gasteiger partial charge is 0.497 e. The van der Waals surface area contributed by atoms with Gasteiger partial charge in [-0.1, -0.05) is 0 Å². The number of benzene rings is 2. The van der Waals surface area contributed by atoms with Crippen molar-refractivity contribution in [2.75, 3.05) is 20.2 Å². The van der Waals surface area contributed by atoms with E-state index in [-0.39, 0.29) is 5.91 Å². The number of pyridine rings is 1. The molecule has 0 fully saturated rings. The lowest BCUT2D eigenvalue weighted by Gasteiger charge is -2.11. The molecule has 4 aromatic rings. The number of aryl methyl sites for hydroxylation is 2. The summed E-state index contributed by atoms with van der Waals surface area (Å²) in [6, 6.07) is 7.91. The molecule has 4 N–H and O–H groups in total. The van der Waals surface area contributed by atoms with Crippen molar-refractivity contribution in [3.05, 3.63) is 47.8 Å². The van der Waals surface area contributed by atoms with Crippen LogP contribution in [0.1, 0.15) is 15.9 Å². The molecule has 0 aliphatic carbocycles. The summed E-state index contributed by atoms with van der Waals surface area (Å²) >= 11 is 0. The fourth-order valence-corrected chi connectivity index (χ4v) is 3.77. The summed E-state index contributed by atoms with van der Waals surface area (Å²) in [4.78, 5) is 16.5. The first kappa shape index (κ1) is 17.3. The maximum atomic E-state index is 13.0. The predicted molar refractivity (Wildman–Crippen MR) is 107 cm³/mol. The molecule has 6 nitrogen and oxygen atoms in total. The lowest BCUT2D eigenvalue weighted by Crippen LogP contribution is -2.30. The van der Waals surface area contributed by atoms with E-state index in [2.05, 4.69) is 23.4 Å². The third-order valence-corrected chi connectivity index (χ3v) is 5.06. The van der Waals surface area contributed by atoms with Crippen LogP contribution in [0.4, 0.5) is 0 Å². The number of hydrogen-bond acceptors (Lipinski definition) is 3. The Hall–Kier alpha value is -3.12. The van der Waals surface area contributed by atoms with Crippen LogP contribution in [0.25, 0.3) is 32.6 Å². The van der Waals surface area contributed by atoms with E-state index >= 15 is 0 Å². The van der Waals surface area contributed by atoms with E-state index in [4.69, 9.17) is 10.5 Å². The first-order chi connectivity index (χ1) is 13.0. The minimum atomic E-state index is -0.122. The summed E-state index contributed by atoms with van der Waals surface area (Å²) in [6.07, 6.45) is 4.02. The van der Waals surface area contributed by atoms with Crippen molar-refractivity contribution < 1.29 is 14.1 Å². The van der Waals surface area contributed by atoms with E-state index in [0.29, 0.717) is 18.7 Å². The molecule has 27 heavy (non-hydrogen) atoms. The van der Waals surface area contributed by atoms with Gasteiger partial charge in [-0.05, 0) is 30.7 Å². The number of nitrogens with one attached hydrogen (secondary N) is 2. The fourth-order valence-electron chi connectivity index (χ4n) is 3.77. The van der Waals surface area contributed by atoms with Crippen LogP contribution in [0.15, 0.2) is 36.7 Å². The molecule has 2 aromatic carbocycles. The maximum absolute atomic E-state index is 13.0. The zero-order valence-electron chi connectivity index (χ0n) is 15.7. The Morgan fingerprint density at radius 3 is 2.81 bits per heavy atom. The molecule has 0 bridgehead atoms. The van der Waals surface area contributed by atoms with Crippen molar-refractivity contribution in [2.24, 2.45) is 12.8 Å². The average Bonchev–Trinajstić information content (AvgIpc) is 3.05. The van der Waals surface area contributed by atoms with Crippen molar-refractivity contribution in [2.45, 2.75) is 6.92 Å². The van der Waals surface area contributed by atoms with Crippen molar-refractivity contribution in [1.29, 1.82) is 0 Å². The third kappa shape index (κ3) is 2.69. The second-order valence-corrected chi connectivity index (χ2v) is 6.77. The molecule has 138 valence electrons. The summed E-state index contributed by atoms with van der Waals surface area (Å²) < 4.78 is 7.40. The lowest BCUT2D eigenvalue weighted by atomic mass is 9.95. The molecule has 0 saturated heterocycles. The van der Waals surface area contributed by atoms with Gasteiger partial charge in [-0.25, -0.2) is 4.57 Å². The number of amides is 1. The molecule has 0 unspecified atom stereocenters. The summed E-state index contributed by atoms with van der Waals surface area (Å²) in [5, 5.41) is 6.98. The quantitative estimate of drug-likeness (QED) is 0.487. The highest BCUT2D eigenvalue weighted by Crippen LogP contribution is 2.37. The number of rotatable bonds is 4. The van der Waals surface area contributed by atoms with Crippen LogP contribution in [0.3, 0.4) is 0 Å². The number of methoxy groups -OCH3 is 1. The number of aromatic amines is 1. The van der Waals surface area contributed by atoms with Gasteiger partial charge in [0.25, 0.3) is 5.91 Å². The number of hydrogen-bond donors (Lipinski definition) is 3. The van der Waals surface area contributed by atoms with E-state index in [9.17, 15) is 4.79 Å². The van der Waals surface area contributed by atoms with Crippen LogP contribution in [-0.4, -0.2) is 31.1 Å². The highest BCUT2D eigenvalue weighted by Gasteiger charge is 2.22. The number of carbonyl (C=O) groups is 1. The zero-order valence-corrected chi connectivity index (χ0v) is 15.7. The second kappa shape index (κ2) is 6.55. The normalized spacial score (nSPS) is 11.4. The topological polar surface area (TPSA) is 84.0 Å². The van der Waals surface area contributed by atoms with E-state index in [1.54, 1.807) is 7.11 Å². The molecular weight excluding hydrogens is 340 g/mol. The lowest BCUT2D eigenvalue weighted by molar-refractivity contribution is -0.670. The van der Waals surface area contributed by atoms with Crippen LogP contribution in [0.5, 0.6) is 5.75 Å². The Morgan fingerprint density at radius 1 is 1.26 bits per heavy atom. The highest BCUT2D eigenvalue weighted by atomic mass is 16.5. The number of fused-ring (bicyclic) bond motifs is 4. The van der Waals surface area contributed by atoms with Gasteiger partial charge in [0.1, 0.15) is 12.8 Å². The van der Waals surface area contributed by atoms with Gasteiger partial charge in [0.2, 0.25) is 0 Å². The summed E-state index contributed by atoms with van der Waals surface area (Å²) in [6.45, 7) is 2.93. The van der Waals surface area contributed by atoms with Crippen molar-refractivity contribution in [3.8, 4) is 5.75 Å². The van der Waals surface area contributed by atoms with Gasteiger partial charge in [-0.15, -0.1) is 0 Å². The summed E-state index contributed by atoms with van der Waals surface area (Å²) in [5.41, 5.74) is 9.17. The van der Waals surface area contributed by atoms with Crippen LogP contribution >= 0.6 is 0 Å². The standard InChI is InChI=1S/C21H22N4O2/c1-12-16-11-25(2)9-6-14(16)19(21(26)23-8-7-22)20-18(12)15-10-13(27-3)4-5-17(15)24-20/h4-6,9-11H,7-8,22H2,1-3H3,(H,23,26)/p+1. The number of carbonyl (C=O) groups excluding carboxylic acids is 1. The molecule has 6 heteroatoms. The van der Waals surface area contributed by atoms with Crippen LogP contribution in [-0.2, 0) is 7.05 Å². The van der Waals surface area contributed by atoms with Crippen molar-refractivity contribution in [1.82, 2.24) is 10.3 Å². The number of nitrogens with zero attached hydrogens (tertiary/aromatic N) is 1. The van der Waals surface area contributed by atoms with Crippen LogP contribution in [0.2, 0.25) is 0 Å². The molecular formula is C21H23N4O2+. The number of nitrogens with two attached hydrogens (primary N) is 1. The van der Waals surface area contributed by atoms with Gasteiger partial charge in [0.15, 0.2) is 12.4 Å². The van der Waals surface area contributed by atoms with E-state index in [1.807, 2.05) is 42.1 Å². The van der Waals surface area contributed by atoms with Crippen molar-refractivity contribution >= 4 is 38.5 Å². The average molecular weight is 363 g/mol. The molecule has 1 amide bonds. The molecule has 2 heterocycles. The van der Waals surface area contributed by atoms with Gasteiger partial charge >= 0.3 is 0 Å². The van der Waals surface area contributed by atoms with Gasteiger partial charge in [0.05, 0.1) is 23.6 Å². The molecule has 0 aliphatic rings. The van der Waals surface area contributed by atoms with Gasteiger partial charge in [-0.3, -0.25) is 4.79 Å². The smallest absolute Gasteiger partial charge is 0.254 e. The van der Waals surface area contributed by atoms with E-state index in [1.165, 1.54) is 0 Å². The first-order valence-corrected chi connectivity index (χ1v) is 8.94. The molecule has 0 aliphatic heterocycles. The SMILES string of the molecule is COc1ccc2[nH]c3c(C(=O)NCCN)c4cc[n+](C)cc4c(C)c3c2c1. The predicted octanol–water partition coefficient (Wildman–Crippen LogP) is 2.30. The minimum absolute atomic E-state index is 0.122. The molecule has 2 aromatic heterocycles. The van der Waals surface area contributed by atoms with Crippen LogP contribution in [0, 0.1) is 6.92 Å². The van der Waals surface area contributed by atoms with Gasteiger partial charge in [-0.2, -0.15) is 0 Å². The van der Waals surface area contributed by atoms with Crippen LogP contribution < -0.4 is 20.4 Å². The third-order valence-electron chi connectivity index (χ3n) is 5.06. The fraction of sp³-hybridized carbons (Fsp3) is 0.238. The molecule has 4 rings (SSSR count). The molecule has 0 atom stereocenters. The summed E-state index contributed by atoms with van der Waals surface area (Å²) in [5.74, 6) is 0.665. The van der Waals surface area contributed by atoms with E-state index in [0.717, 1.165) is 43.9 Å². The monoisotopic (exact) mass is 363 g/mol. The van der Waals surface area contributed by atoms with Gasteiger partial charge < -0.3 is 20.8 Å². The second-order valence-electron chi connectivity index (χ2n) is 6.77. The first-order valence-electron chi connectivity index (χ1n) is 8.94. The highest BCUT2D eigenvalue weighted by molar-refractivity contribution is 6.24. The summed E-state index contributed by atoms with van der Waals surface area (Å²) in [7, 11) is 3.64. The molecule has 0 saturated carbocycles. The number of H-pyrrole nitrogens is 1. The Labute approximate surface area is 156 Å². The number of ether oxygens (including phenoxy) is 1. The van der Waals surface area contributed by atoms with Gasteiger partial charge in [0, 0.05) is 40.8 Å². The maximum Gasteiger partial charge on any atom is 0.254 e. The molecule has 0 radical (unpaired) electrons. The Bertz CT molecular complexity index is 1190.